The zero-order valence-electron chi connectivity index (χ0n) is 7.84. The third-order valence-corrected chi connectivity index (χ3v) is 0.709. The molecule has 0 aliphatic heterocycles. The number of aliphatic carboxylic acids is 1. The zero-order chi connectivity index (χ0) is 9.07. The second kappa shape index (κ2) is 6.09. The molecule has 0 spiro atoms. The maximum atomic E-state index is 10.6. The van der Waals surface area contributed by atoms with Crippen molar-refractivity contribution in [3.05, 3.63) is 0 Å². The van der Waals surface area contributed by atoms with Gasteiger partial charge in [0.2, 0.25) is 0 Å². The Kier molecular flexibility index (Phi) is 7.65. The number of hydrogen-bond acceptors (Lipinski definition) is 4. The molecule has 0 aliphatic rings. The quantitative estimate of drug-likeness (QED) is 0.262. The topological polar surface area (TPSA) is 66.4 Å². The van der Waals surface area contributed by atoms with E-state index in [0.29, 0.717) is 0 Å². The first-order valence-electron chi connectivity index (χ1n) is 3.23. The first kappa shape index (κ1) is 15.1. The molecule has 4 nitrogen and oxygen atoms in total. The van der Waals surface area contributed by atoms with Crippen LogP contribution in [0.2, 0.25) is 0 Å². The maximum Gasteiger partial charge on any atom is 1.00 e. The van der Waals surface area contributed by atoms with Crippen molar-refractivity contribution in [2.75, 3.05) is 0 Å². The van der Waals surface area contributed by atoms with E-state index in [0.717, 1.165) is 0 Å². The van der Waals surface area contributed by atoms with E-state index in [-0.39, 0.29) is 51.4 Å². The molecule has 0 unspecified atom stereocenters. The number of rotatable bonds is 2. The standard InChI is InChI=1S/C7H12O4.K/c1-7(2,3)11-6(10)4-5(8)9;/h4H2,1-3H3,(H,8,9);/q;+1/p-1. The van der Waals surface area contributed by atoms with Crippen LogP contribution in [0.15, 0.2) is 0 Å². The molecule has 0 amide bonds. The second-order valence-electron chi connectivity index (χ2n) is 3.14. The van der Waals surface area contributed by atoms with E-state index in [1.54, 1.807) is 20.8 Å². The molecule has 12 heavy (non-hydrogen) atoms. The van der Waals surface area contributed by atoms with Gasteiger partial charge in [0.25, 0.3) is 0 Å². The van der Waals surface area contributed by atoms with Crippen molar-refractivity contribution in [2.24, 2.45) is 0 Å². The molecule has 0 atom stereocenters. The maximum absolute atomic E-state index is 10.6. The van der Waals surface area contributed by atoms with Crippen LogP contribution in [-0.4, -0.2) is 17.5 Å². The summed E-state index contributed by atoms with van der Waals surface area (Å²) < 4.78 is 4.69. The first-order chi connectivity index (χ1) is 4.81. The third-order valence-electron chi connectivity index (χ3n) is 0.709. The van der Waals surface area contributed by atoms with Crippen molar-refractivity contribution in [3.63, 3.8) is 0 Å². The van der Waals surface area contributed by atoms with Gasteiger partial charge >= 0.3 is 57.4 Å². The van der Waals surface area contributed by atoms with Crippen LogP contribution in [0.25, 0.3) is 0 Å². The van der Waals surface area contributed by atoms with E-state index in [1.807, 2.05) is 0 Å². The van der Waals surface area contributed by atoms with Gasteiger partial charge in [-0.05, 0) is 20.8 Å². The molecule has 0 aromatic heterocycles. The van der Waals surface area contributed by atoms with Crippen molar-refractivity contribution in [3.8, 4) is 0 Å². The van der Waals surface area contributed by atoms with Gasteiger partial charge in [-0.1, -0.05) is 0 Å². The van der Waals surface area contributed by atoms with Gasteiger partial charge in [-0.3, -0.25) is 4.79 Å². The summed E-state index contributed by atoms with van der Waals surface area (Å²) in [5.74, 6) is -2.18. The average molecular weight is 198 g/mol. The molecule has 0 bridgehead atoms. The summed E-state index contributed by atoms with van der Waals surface area (Å²) in [5, 5.41) is 9.88. The summed E-state index contributed by atoms with van der Waals surface area (Å²) >= 11 is 0. The largest absolute Gasteiger partial charge is 1.00 e. The van der Waals surface area contributed by atoms with Crippen LogP contribution in [0.1, 0.15) is 27.2 Å². The van der Waals surface area contributed by atoms with Gasteiger partial charge in [-0.2, -0.15) is 0 Å². The molecular formula is C7H11KO4. The van der Waals surface area contributed by atoms with E-state index < -0.39 is 24.0 Å². The van der Waals surface area contributed by atoms with Gasteiger partial charge in [0.05, 0.1) is 12.4 Å². The van der Waals surface area contributed by atoms with Gasteiger partial charge in [-0.15, -0.1) is 0 Å². The number of carbonyl (C=O) groups excluding carboxylic acids is 2. The normalized spacial score (nSPS) is 9.92. The molecule has 0 rings (SSSR count). The van der Waals surface area contributed by atoms with Crippen LogP contribution in [0, 0.1) is 0 Å². The Bertz CT molecular complexity index is 171. The SMILES string of the molecule is CC(C)(C)OC(=O)CC(=O)[O-].[K+]. The monoisotopic (exact) mass is 198 g/mol. The summed E-state index contributed by atoms with van der Waals surface area (Å²) in [6, 6.07) is 0. The summed E-state index contributed by atoms with van der Waals surface area (Å²) in [5.41, 5.74) is -0.632. The number of ether oxygens (including phenoxy) is 1. The van der Waals surface area contributed by atoms with Crippen LogP contribution >= 0.6 is 0 Å². The fraction of sp³-hybridized carbons (Fsp3) is 0.714. The molecule has 0 fully saturated rings. The van der Waals surface area contributed by atoms with Crippen molar-refractivity contribution in [2.45, 2.75) is 32.8 Å². The van der Waals surface area contributed by atoms with E-state index in [4.69, 9.17) is 0 Å². The van der Waals surface area contributed by atoms with Crippen LogP contribution in [0.4, 0.5) is 0 Å². The smallest absolute Gasteiger partial charge is 0.550 e. The van der Waals surface area contributed by atoms with E-state index in [1.165, 1.54) is 0 Å². The van der Waals surface area contributed by atoms with E-state index >= 15 is 0 Å². The van der Waals surface area contributed by atoms with Crippen LogP contribution in [0.5, 0.6) is 0 Å². The van der Waals surface area contributed by atoms with Crippen molar-refractivity contribution < 1.29 is 70.8 Å². The molecule has 5 heteroatoms. The van der Waals surface area contributed by atoms with E-state index in [2.05, 4.69) is 4.74 Å². The minimum absolute atomic E-state index is 0. The molecule has 0 radical (unpaired) electrons. The predicted molar refractivity (Wildman–Crippen MR) is 35.5 cm³/mol. The molecule has 0 aromatic carbocycles. The van der Waals surface area contributed by atoms with Crippen molar-refractivity contribution in [1.82, 2.24) is 0 Å². The minimum atomic E-state index is -1.42. The number of carboxylic acid groups (broad SMARTS) is 1. The minimum Gasteiger partial charge on any atom is -0.550 e. The van der Waals surface area contributed by atoms with Crippen molar-refractivity contribution in [1.29, 1.82) is 0 Å². The molecule has 64 valence electrons. The fourth-order valence-corrected chi connectivity index (χ4v) is 0.495. The Balaban J connectivity index is 0. The van der Waals surface area contributed by atoms with Gasteiger partial charge in [0.1, 0.15) is 5.60 Å². The molecule has 0 N–H and O–H groups in total. The Labute approximate surface area is 114 Å². The molecular weight excluding hydrogens is 187 g/mol. The Morgan fingerprint density at radius 2 is 1.75 bits per heavy atom. The number of esters is 1. The van der Waals surface area contributed by atoms with Gasteiger partial charge < -0.3 is 14.6 Å². The predicted octanol–water partition coefficient (Wildman–Crippen LogP) is -3.53. The summed E-state index contributed by atoms with van der Waals surface area (Å²) in [6.07, 6.45) is -0.683. The summed E-state index contributed by atoms with van der Waals surface area (Å²) in [7, 11) is 0. The fourth-order valence-electron chi connectivity index (χ4n) is 0.495. The Morgan fingerprint density at radius 3 is 2.00 bits per heavy atom. The summed E-state index contributed by atoms with van der Waals surface area (Å²) in [4.78, 5) is 20.5. The summed E-state index contributed by atoms with van der Waals surface area (Å²) in [6.45, 7) is 5.00. The van der Waals surface area contributed by atoms with E-state index in [9.17, 15) is 14.7 Å². The second-order valence-corrected chi connectivity index (χ2v) is 3.14. The molecule has 0 saturated heterocycles. The first-order valence-corrected chi connectivity index (χ1v) is 3.23. The Morgan fingerprint density at radius 1 is 1.33 bits per heavy atom. The average Bonchev–Trinajstić information content (AvgIpc) is 1.53. The third kappa shape index (κ3) is 10.6. The van der Waals surface area contributed by atoms with Gasteiger partial charge in [-0.25, -0.2) is 0 Å². The van der Waals surface area contributed by atoms with Gasteiger partial charge in [0.15, 0.2) is 0 Å². The Hall–Kier alpha value is 0.576. The van der Waals surface area contributed by atoms with Crippen molar-refractivity contribution >= 4 is 11.9 Å². The number of carbonyl (C=O) groups is 2. The van der Waals surface area contributed by atoms with Crippen LogP contribution < -0.4 is 56.5 Å². The van der Waals surface area contributed by atoms with Gasteiger partial charge in [0, 0.05) is 0 Å². The number of carboxylic acids is 1. The molecule has 0 heterocycles. The van der Waals surface area contributed by atoms with Crippen LogP contribution in [-0.2, 0) is 14.3 Å². The van der Waals surface area contributed by atoms with Crippen LogP contribution in [0.3, 0.4) is 0 Å². The molecule has 0 aromatic rings. The zero-order valence-corrected chi connectivity index (χ0v) is 11.0. The molecule has 0 saturated carbocycles. The number of hydrogen-bond donors (Lipinski definition) is 0. The molecule has 0 aliphatic carbocycles.